The van der Waals surface area contributed by atoms with E-state index in [4.69, 9.17) is 4.42 Å². The van der Waals surface area contributed by atoms with Gasteiger partial charge >= 0.3 is 0 Å². The second kappa shape index (κ2) is 5.22. The molecular formula is C12H11F3N2O. The molecule has 0 radical (unpaired) electrons. The second-order valence-electron chi connectivity index (χ2n) is 3.72. The Kier molecular flexibility index (Phi) is 3.66. The molecule has 0 aliphatic carbocycles. The van der Waals surface area contributed by atoms with Crippen LogP contribution < -0.4 is 5.32 Å². The van der Waals surface area contributed by atoms with E-state index in [1.165, 1.54) is 6.20 Å². The molecule has 6 heteroatoms. The Hall–Kier alpha value is -1.82. The molecule has 2 aromatic rings. The van der Waals surface area contributed by atoms with Gasteiger partial charge in [-0.3, -0.25) is 0 Å². The third kappa shape index (κ3) is 2.53. The number of hydrogen-bond acceptors (Lipinski definition) is 3. The molecule has 0 unspecified atom stereocenters. The predicted molar refractivity (Wildman–Crippen MR) is 59.4 cm³/mol. The van der Waals surface area contributed by atoms with Gasteiger partial charge in [0.25, 0.3) is 0 Å². The maximum Gasteiger partial charge on any atom is 0.196 e. The summed E-state index contributed by atoms with van der Waals surface area (Å²) in [5, 5.41) is 2.90. The molecule has 0 aliphatic heterocycles. The molecule has 0 atom stereocenters. The molecule has 1 heterocycles. The molecule has 0 saturated carbocycles. The van der Waals surface area contributed by atoms with Gasteiger partial charge in [0.05, 0.1) is 11.8 Å². The highest BCUT2D eigenvalue weighted by atomic mass is 19.1. The molecule has 0 fully saturated rings. The van der Waals surface area contributed by atoms with Crippen LogP contribution in [-0.2, 0) is 6.42 Å². The van der Waals surface area contributed by atoms with Gasteiger partial charge in [-0.1, -0.05) is 0 Å². The first-order valence-corrected chi connectivity index (χ1v) is 5.36. The fourth-order valence-corrected chi connectivity index (χ4v) is 1.55. The Morgan fingerprint density at radius 2 is 1.89 bits per heavy atom. The van der Waals surface area contributed by atoms with E-state index in [-0.39, 0.29) is 5.76 Å². The largest absolute Gasteiger partial charge is 0.440 e. The zero-order valence-electron chi connectivity index (χ0n) is 9.64. The number of nitrogens with zero attached hydrogens (tertiary/aromatic N) is 1. The molecule has 0 aliphatic rings. The topological polar surface area (TPSA) is 38.1 Å². The molecule has 3 nitrogen and oxygen atoms in total. The molecule has 1 aromatic carbocycles. The van der Waals surface area contributed by atoms with E-state index in [1.54, 1.807) is 7.05 Å². The first-order valence-electron chi connectivity index (χ1n) is 5.36. The number of rotatable bonds is 4. The van der Waals surface area contributed by atoms with Crippen molar-refractivity contribution in [3.05, 3.63) is 41.7 Å². The summed E-state index contributed by atoms with van der Waals surface area (Å²) in [4.78, 5) is 3.90. The second-order valence-corrected chi connectivity index (χ2v) is 3.72. The molecule has 18 heavy (non-hydrogen) atoms. The zero-order valence-corrected chi connectivity index (χ0v) is 9.64. The van der Waals surface area contributed by atoms with Crippen molar-refractivity contribution in [2.75, 3.05) is 13.6 Å². The van der Waals surface area contributed by atoms with Crippen molar-refractivity contribution in [1.82, 2.24) is 10.3 Å². The highest BCUT2D eigenvalue weighted by Crippen LogP contribution is 2.27. The number of likely N-dealkylation sites (N-methyl/N-ethyl adjacent to an activating group) is 1. The lowest BCUT2D eigenvalue weighted by Gasteiger charge is -2.01. The summed E-state index contributed by atoms with van der Waals surface area (Å²) in [7, 11) is 1.77. The van der Waals surface area contributed by atoms with E-state index < -0.39 is 23.0 Å². The van der Waals surface area contributed by atoms with Crippen molar-refractivity contribution >= 4 is 0 Å². The average Bonchev–Trinajstić information content (AvgIpc) is 2.73. The Morgan fingerprint density at radius 1 is 1.22 bits per heavy atom. The van der Waals surface area contributed by atoms with Crippen molar-refractivity contribution in [2.45, 2.75) is 6.42 Å². The first-order chi connectivity index (χ1) is 8.61. The summed E-state index contributed by atoms with van der Waals surface area (Å²) in [6.07, 6.45) is 1.73. The normalized spacial score (nSPS) is 10.9. The fourth-order valence-electron chi connectivity index (χ4n) is 1.55. The van der Waals surface area contributed by atoms with Crippen LogP contribution in [-0.4, -0.2) is 18.6 Å². The minimum Gasteiger partial charge on any atom is -0.440 e. The summed E-state index contributed by atoms with van der Waals surface area (Å²) in [5.74, 6) is -2.67. The van der Waals surface area contributed by atoms with Gasteiger partial charge in [0, 0.05) is 25.1 Å². The lowest BCUT2D eigenvalue weighted by molar-refractivity contribution is 0.488. The molecule has 0 saturated heterocycles. The van der Waals surface area contributed by atoms with E-state index in [2.05, 4.69) is 10.3 Å². The van der Waals surface area contributed by atoms with E-state index >= 15 is 0 Å². The van der Waals surface area contributed by atoms with E-state index in [9.17, 15) is 13.2 Å². The van der Waals surface area contributed by atoms with E-state index in [0.717, 1.165) is 0 Å². The van der Waals surface area contributed by atoms with Crippen LogP contribution in [0.5, 0.6) is 0 Å². The minimum absolute atomic E-state index is 0.0453. The molecule has 0 amide bonds. The standard InChI is InChI=1S/C12H11F3N2O/c1-16-3-2-11-17-6-10(18-11)12-8(14)4-7(13)5-9(12)15/h4-6,16H,2-3H2,1H3. The van der Waals surface area contributed by atoms with Crippen LogP contribution in [0.1, 0.15) is 5.89 Å². The van der Waals surface area contributed by atoms with Gasteiger partial charge in [-0.15, -0.1) is 0 Å². The van der Waals surface area contributed by atoms with Crippen molar-refractivity contribution < 1.29 is 17.6 Å². The molecule has 1 aromatic heterocycles. The molecule has 2 rings (SSSR count). The molecular weight excluding hydrogens is 245 g/mol. The summed E-state index contributed by atoms with van der Waals surface area (Å²) in [6.45, 7) is 0.633. The van der Waals surface area contributed by atoms with Gasteiger partial charge in [0.2, 0.25) is 0 Å². The van der Waals surface area contributed by atoms with E-state index in [0.29, 0.717) is 31.0 Å². The van der Waals surface area contributed by atoms with Crippen LogP contribution in [0.2, 0.25) is 0 Å². The van der Waals surface area contributed by atoms with E-state index in [1.807, 2.05) is 0 Å². The van der Waals surface area contributed by atoms with Crippen LogP contribution >= 0.6 is 0 Å². The first kappa shape index (κ1) is 12.6. The van der Waals surface area contributed by atoms with Gasteiger partial charge in [0.1, 0.15) is 17.5 Å². The monoisotopic (exact) mass is 256 g/mol. The molecule has 0 spiro atoms. The third-order valence-electron chi connectivity index (χ3n) is 2.40. The van der Waals surface area contributed by atoms with Gasteiger partial charge in [-0.2, -0.15) is 0 Å². The van der Waals surface area contributed by atoms with Crippen LogP contribution in [0.4, 0.5) is 13.2 Å². The minimum atomic E-state index is -1.01. The fraction of sp³-hybridized carbons (Fsp3) is 0.250. The lowest BCUT2D eigenvalue weighted by Crippen LogP contribution is -2.10. The van der Waals surface area contributed by atoms with Gasteiger partial charge in [0.15, 0.2) is 11.7 Å². The predicted octanol–water partition coefficient (Wildman–Crippen LogP) is 2.52. The summed E-state index contributed by atoms with van der Waals surface area (Å²) < 4.78 is 44.9. The zero-order chi connectivity index (χ0) is 13.1. The highest BCUT2D eigenvalue weighted by Gasteiger charge is 2.17. The van der Waals surface area contributed by atoms with Crippen molar-refractivity contribution in [2.24, 2.45) is 0 Å². The third-order valence-corrected chi connectivity index (χ3v) is 2.40. The van der Waals surface area contributed by atoms with Crippen LogP contribution in [0, 0.1) is 17.5 Å². The maximum absolute atomic E-state index is 13.5. The van der Waals surface area contributed by atoms with Crippen molar-refractivity contribution in [3.8, 4) is 11.3 Å². The molecule has 1 N–H and O–H groups in total. The number of benzene rings is 1. The Morgan fingerprint density at radius 3 is 2.50 bits per heavy atom. The average molecular weight is 256 g/mol. The lowest BCUT2D eigenvalue weighted by atomic mass is 10.1. The van der Waals surface area contributed by atoms with Crippen LogP contribution in [0.15, 0.2) is 22.7 Å². The van der Waals surface area contributed by atoms with Gasteiger partial charge in [-0.05, 0) is 7.05 Å². The van der Waals surface area contributed by atoms with Gasteiger partial charge in [-0.25, -0.2) is 18.2 Å². The quantitative estimate of drug-likeness (QED) is 0.913. The Balaban J connectivity index is 2.34. The smallest absolute Gasteiger partial charge is 0.196 e. The highest BCUT2D eigenvalue weighted by molar-refractivity contribution is 5.58. The van der Waals surface area contributed by atoms with Gasteiger partial charge < -0.3 is 9.73 Å². The number of halogens is 3. The van der Waals surface area contributed by atoms with Crippen molar-refractivity contribution in [1.29, 1.82) is 0 Å². The summed E-state index contributed by atoms with van der Waals surface area (Å²) in [5.41, 5.74) is -0.403. The Labute approximate surface area is 102 Å². The molecule has 0 bridgehead atoms. The number of aromatic nitrogens is 1. The van der Waals surface area contributed by atoms with Crippen LogP contribution in [0.3, 0.4) is 0 Å². The number of hydrogen-bond donors (Lipinski definition) is 1. The number of oxazole rings is 1. The summed E-state index contributed by atoms with van der Waals surface area (Å²) in [6, 6.07) is 1.21. The van der Waals surface area contributed by atoms with Crippen molar-refractivity contribution in [3.63, 3.8) is 0 Å². The number of nitrogens with one attached hydrogen (secondary N) is 1. The summed E-state index contributed by atoms with van der Waals surface area (Å²) >= 11 is 0. The Bertz CT molecular complexity index is 531. The SMILES string of the molecule is CNCCc1ncc(-c2c(F)cc(F)cc2F)o1. The molecule has 96 valence electrons. The maximum atomic E-state index is 13.5. The van der Waals surface area contributed by atoms with Crippen LogP contribution in [0.25, 0.3) is 11.3 Å².